The lowest BCUT2D eigenvalue weighted by Gasteiger charge is -2.18. The molecule has 0 saturated carbocycles. The third-order valence-electron chi connectivity index (χ3n) is 3.33. The maximum atomic E-state index is 12.0. The highest BCUT2D eigenvalue weighted by Gasteiger charge is 2.14. The fourth-order valence-electron chi connectivity index (χ4n) is 2.16. The first-order chi connectivity index (χ1) is 10.2. The molecule has 0 aliphatic heterocycles. The normalized spacial score (nSPS) is 17.1. The van der Waals surface area contributed by atoms with Gasteiger partial charge in [0.1, 0.15) is 5.70 Å². The van der Waals surface area contributed by atoms with Gasteiger partial charge in [0.15, 0.2) is 0 Å². The van der Waals surface area contributed by atoms with Crippen molar-refractivity contribution in [2.24, 2.45) is 5.73 Å². The van der Waals surface area contributed by atoms with Crippen LogP contribution in [-0.4, -0.2) is 44.4 Å². The molecule has 0 aromatic rings. The molecule has 0 bridgehead atoms. The maximum absolute atomic E-state index is 12.0. The number of carbonyl (C=O) groups excluding carboxylic acids is 1. The summed E-state index contributed by atoms with van der Waals surface area (Å²) in [4.78, 5) is 12.0. The van der Waals surface area contributed by atoms with Crippen LogP contribution in [0.1, 0.15) is 32.1 Å². The SMILES string of the molecule is COCCCNC(=O)/C(N)=C1\C=C(NCCCO)CCC1. The lowest BCUT2D eigenvalue weighted by Crippen LogP contribution is -2.31. The largest absolute Gasteiger partial charge is 0.396 e. The minimum absolute atomic E-state index is 0.176. The number of amides is 1. The van der Waals surface area contributed by atoms with Crippen LogP contribution in [0.5, 0.6) is 0 Å². The van der Waals surface area contributed by atoms with Crippen molar-refractivity contribution in [3.8, 4) is 0 Å². The van der Waals surface area contributed by atoms with Crippen molar-refractivity contribution in [3.05, 3.63) is 23.0 Å². The van der Waals surface area contributed by atoms with Crippen LogP contribution in [0.25, 0.3) is 0 Å². The molecule has 0 aromatic carbocycles. The molecule has 5 N–H and O–H groups in total. The van der Waals surface area contributed by atoms with Crippen molar-refractivity contribution in [2.45, 2.75) is 32.1 Å². The molecule has 6 nitrogen and oxygen atoms in total. The molecular formula is C15H27N3O3. The molecule has 120 valence electrons. The lowest BCUT2D eigenvalue weighted by molar-refractivity contribution is -0.117. The van der Waals surface area contributed by atoms with Gasteiger partial charge in [-0.15, -0.1) is 0 Å². The second-order valence-electron chi connectivity index (χ2n) is 5.07. The zero-order valence-corrected chi connectivity index (χ0v) is 12.8. The third-order valence-corrected chi connectivity index (χ3v) is 3.33. The lowest BCUT2D eigenvalue weighted by atomic mass is 9.97. The number of hydrogen-bond acceptors (Lipinski definition) is 5. The molecule has 1 amide bonds. The molecule has 0 saturated heterocycles. The van der Waals surface area contributed by atoms with Crippen LogP contribution < -0.4 is 16.4 Å². The molecular weight excluding hydrogens is 270 g/mol. The summed E-state index contributed by atoms with van der Waals surface area (Å²) >= 11 is 0. The van der Waals surface area contributed by atoms with E-state index in [0.717, 1.165) is 43.5 Å². The molecule has 1 rings (SSSR count). The average Bonchev–Trinajstić information content (AvgIpc) is 2.51. The summed E-state index contributed by atoms with van der Waals surface area (Å²) in [7, 11) is 1.64. The maximum Gasteiger partial charge on any atom is 0.267 e. The van der Waals surface area contributed by atoms with Crippen LogP contribution in [-0.2, 0) is 9.53 Å². The first-order valence-electron chi connectivity index (χ1n) is 7.50. The van der Waals surface area contributed by atoms with Gasteiger partial charge in [-0.1, -0.05) is 0 Å². The van der Waals surface area contributed by atoms with Gasteiger partial charge in [0, 0.05) is 39.1 Å². The summed E-state index contributed by atoms with van der Waals surface area (Å²) < 4.78 is 4.93. The zero-order chi connectivity index (χ0) is 15.5. The Hall–Kier alpha value is -1.53. The molecule has 0 heterocycles. The van der Waals surface area contributed by atoms with E-state index < -0.39 is 0 Å². The number of aliphatic hydroxyl groups is 1. The number of hydrogen-bond donors (Lipinski definition) is 4. The van der Waals surface area contributed by atoms with Crippen molar-refractivity contribution in [2.75, 3.05) is 33.4 Å². The third kappa shape index (κ3) is 6.64. The van der Waals surface area contributed by atoms with Gasteiger partial charge in [-0.3, -0.25) is 4.79 Å². The van der Waals surface area contributed by atoms with E-state index in [1.165, 1.54) is 0 Å². The van der Waals surface area contributed by atoms with Gasteiger partial charge in [0.2, 0.25) is 0 Å². The average molecular weight is 297 g/mol. The Bertz CT molecular complexity index is 392. The highest BCUT2D eigenvalue weighted by Crippen LogP contribution is 2.22. The van der Waals surface area contributed by atoms with Crippen LogP contribution in [0, 0.1) is 0 Å². The van der Waals surface area contributed by atoms with Gasteiger partial charge in [0.05, 0.1) is 0 Å². The molecule has 6 heteroatoms. The summed E-state index contributed by atoms with van der Waals surface area (Å²) in [6.07, 6.45) is 6.20. The Morgan fingerprint density at radius 2 is 2.19 bits per heavy atom. The van der Waals surface area contributed by atoms with Crippen molar-refractivity contribution in [3.63, 3.8) is 0 Å². The van der Waals surface area contributed by atoms with E-state index >= 15 is 0 Å². The molecule has 0 radical (unpaired) electrons. The molecule has 1 aliphatic rings. The molecule has 0 fully saturated rings. The quantitative estimate of drug-likeness (QED) is 0.365. The predicted octanol–water partition coefficient (Wildman–Crippen LogP) is 0.392. The number of carbonyl (C=O) groups is 1. The van der Waals surface area contributed by atoms with Crippen molar-refractivity contribution >= 4 is 5.91 Å². The fraction of sp³-hybridized carbons (Fsp3) is 0.667. The van der Waals surface area contributed by atoms with Gasteiger partial charge in [-0.05, 0) is 43.8 Å². The van der Waals surface area contributed by atoms with Crippen LogP contribution in [0.4, 0.5) is 0 Å². The second kappa shape index (κ2) is 10.2. The summed E-state index contributed by atoms with van der Waals surface area (Å²) in [5, 5.41) is 14.8. The molecule has 0 spiro atoms. The van der Waals surface area contributed by atoms with Crippen LogP contribution >= 0.6 is 0 Å². The zero-order valence-electron chi connectivity index (χ0n) is 12.8. The summed E-state index contributed by atoms with van der Waals surface area (Å²) in [6.45, 7) is 2.09. The highest BCUT2D eigenvalue weighted by atomic mass is 16.5. The smallest absolute Gasteiger partial charge is 0.267 e. The monoisotopic (exact) mass is 297 g/mol. The van der Waals surface area contributed by atoms with E-state index in [4.69, 9.17) is 15.6 Å². The van der Waals surface area contributed by atoms with Gasteiger partial charge >= 0.3 is 0 Å². The van der Waals surface area contributed by atoms with Crippen LogP contribution in [0.15, 0.2) is 23.0 Å². The first kappa shape index (κ1) is 17.5. The number of ether oxygens (including phenoxy) is 1. The van der Waals surface area contributed by atoms with Crippen molar-refractivity contribution < 1.29 is 14.6 Å². The molecule has 0 unspecified atom stereocenters. The molecule has 1 aliphatic carbocycles. The summed E-state index contributed by atoms with van der Waals surface area (Å²) in [5.74, 6) is -0.214. The molecule has 0 aromatic heterocycles. The Labute approximate surface area is 126 Å². The Kier molecular flexibility index (Phi) is 8.54. The van der Waals surface area contributed by atoms with Crippen molar-refractivity contribution in [1.29, 1.82) is 0 Å². The number of aliphatic hydroxyl groups excluding tert-OH is 1. The molecule has 21 heavy (non-hydrogen) atoms. The Morgan fingerprint density at radius 1 is 1.38 bits per heavy atom. The van der Waals surface area contributed by atoms with E-state index in [2.05, 4.69) is 10.6 Å². The number of nitrogens with two attached hydrogens (primary N) is 1. The van der Waals surface area contributed by atoms with E-state index in [0.29, 0.717) is 25.3 Å². The number of rotatable bonds is 9. The topological polar surface area (TPSA) is 96.6 Å². The fourth-order valence-corrected chi connectivity index (χ4v) is 2.16. The number of nitrogens with one attached hydrogen (secondary N) is 2. The van der Waals surface area contributed by atoms with Crippen LogP contribution in [0.3, 0.4) is 0 Å². The summed E-state index contributed by atoms with van der Waals surface area (Å²) in [5.41, 5.74) is 8.22. The van der Waals surface area contributed by atoms with Crippen LogP contribution in [0.2, 0.25) is 0 Å². The minimum atomic E-state index is -0.214. The summed E-state index contributed by atoms with van der Waals surface area (Å²) in [6, 6.07) is 0. The van der Waals surface area contributed by atoms with Gasteiger partial charge in [-0.2, -0.15) is 0 Å². The highest BCUT2D eigenvalue weighted by molar-refractivity contribution is 5.93. The van der Waals surface area contributed by atoms with E-state index in [1.54, 1.807) is 7.11 Å². The van der Waals surface area contributed by atoms with Gasteiger partial charge in [0.25, 0.3) is 5.91 Å². The second-order valence-corrected chi connectivity index (χ2v) is 5.07. The van der Waals surface area contributed by atoms with E-state index in [-0.39, 0.29) is 12.5 Å². The van der Waals surface area contributed by atoms with Crippen molar-refractivity contribution in [1.82, 2.24) is 10.6 Å². The molecule has 0 atom stereocenters. The van der Waals surface area contributed by atoms with E-state index in [9.17, 15) is 4.79 Å². The Morgan fingerprint density at radius 3 is 2.90 bits per heavy atom. The predicted molar refractivity (Wildman–Crippen MR) is 82.4 cm³/mol. The van der Waals surface area contributed by atoms with Gasteiger partial charge < -0.3 is 26.2 Å². The van der Waals surface area contributed by atoms with E-state index in [1.807, 2.05) is 6.08 Å². The Balaban J connectivity index is 2.53. The standard InChI is InChI=1S/C15H27N3O3/c1-21-10-4-8-18-15(20)14(16)12-5-2-6-13(11-12)17-7-3-9-19/h11,17,19H,2-10,16H2,1H3,(H,18,20)/b14-12+. The minimum Gasteiger partial charge on any atom is -0.396 e. The van der Waals surface area contributed by atoms with Gasteiger partial charge in [-0.25, -0.2) is 0 Å². The number of methoxy groups -OCH3 is 1. The first-order valence-corrected chi connectivity index (χ1v) is 7.50. The number of allylic oxidation sites excluding steroid dienone is 3.